The van der Waals surface area contributed by atoms with Crippen LogP contribution in [0.15, 0.2) is 65.7 Å². The Hall–Kier alpha value is -2.46. The number of rotatable bonds is 5. The molecule has 4 heteroatoms. The Morgan fingerprint density at radius 1 is 1.00 bits per heavy atom. The molecule has 2 N–H and O–H groups in total. The molecule has 0 saturated heterocycles. The Morgan fingerprint density at radius 3 is 1.73 bits per heavy atom. The van der Waals surface area contributed by atoms with Crippen LogP contribution in [-0.4, -0.2) is 33.5 Å². The van der Waals surface area contributed by atoms with Gasteiger partial charge in [-0.25, -0.2) is 4.79 Å². The van der Waals surface area contributed by atoms with E-state index >= 15 is 0 Å². The molecular weight excluding hydrogens is 278 g/mol. The first-order valence-electron chi connectivity index (χ1n) is 7.07. The maximum Gasteiger partial charge on any atom is 0.334 e. The van der Waals surface area contributed by atoms with Crippen LogP contribution in [0.1, 0.15) is 25.0 Å². The van der Waals surface area contributed by atoms with Crippen molar-refractivity contribution in [1.29, 1.82) is 0 Å². The van der Waals surface area contributed by atoms with E-state index < -0.39 is 17.6 Å². The van der Waals surface area contributed by atoms with E-state index in [9.17, 15) is 15.0 Å². The van der Waals surface area contributed by atoms with Crippen molar-refractivity contribution in [3.8, 4) is 0 Å². The summed E-state index contributed by atoms with van der Waals surface area (Å²) in [7, 11) is 0. The smallest absolute Gasteiger partial charge is 0.334 e. The summed E-state index contributed by atoms with van der Waals surface area (Å²) < 4.78 is 0. The average Bonchev–Trinajstić information content (AvgIpc) is 2.53. The number of aliphatic hydroxyl groups excluding tert-OH is 1. The summed E-state index contributed by atoms with van der Waals surface area (Å²) in [5.41, 5.74) is 0.553. The third kappa shape index (κ3) is 3.23. The van der Waals surface area contributed by atoms with Crippen molar-refractivity contribution < 1.29 is 15.0 Å². The maximum atomic E-state index is 11.6. The summed E-state index contributed by atoms with van der Waals surface area (Å²) in [6.07, 6.45) is -1.12. The van der Waals surface area contributed by atoms with E-state index in [2.05, 4.69) is 4.99 Å². The molecule has 22 heavy (non-hydrogen) atoms. The van der Waals surface area contributed by atoms with E-state index in [1.165, 1.54) is 13.8 Å². The summed E-state index contributed by atoms with van der Waals surface area (Å²) in [6, 6.07) is 18.7. The van der Waals surface area contributed by atoms with Gasteiger partial charge in [-0.1, -0.05) is 60.7 Å². The van der Waals surface area contributed by atoms with Gasteiger partial charge in [-0.3, -0.25) is 4.99 Å². The van der Waals surface area contributed by atoms with E-state index in [1.54, 1.807) is 0 Å². The van der Waals surface area contributed by atoms with Crippen LogP contribution in [0.2, 0.25) is 0 Å². The number of aliphatic imine (C=N–C) groups is 1. The summed E-state index contributed by atoms with van der Waals surface area (Å²) in [5.74, 6) is -1.16. The molecule has 0 radical (unpaired) electrons. The molecule has 114 valence electrons. The van der Waals surface area contributed by atoms with E-state index in [4.69, 9.17) is 0 Å². The molecule has 0 aliphatic heterocycles. The quantitative estimate of drug-likeness (QED) is 0.834. The van der Waals surface area contributed by atoms with Crippen LogP contribution < -0.4 is 0 Å². The largest absolute Gasteiger partial charge is 0.479 e. The van der Waals surface area contributed by atoms with Gasteiger partial charge in [0.25, 0.3) is 0 Å². The highest BCUT2D eigenvalue weighted by Gasteiger charge is 2.38. The molecule has 2 aromatic rings. The zero-order chi connectivity index (χ0) is 16.2. The number of nitrogens with zero attached hydrogens (tertiary/aromatic N) is 1. The monoisotopic (exact) mass is 297 g/mol. The minimum absolute atomic E-state index is 0.548. The molecule has 4 nitrogen and oxygen atoms in total. The van der Waals surface area contributed by atoms with Crippen LogP contribution in [-0.2, 0) is 4.79 Å². The highest BCUT2D eigenvalue weighted by Crippen LogP contribution is 2.21. The maximum absolute atomic E-state index is 11.6. The second-order valence-corrected chi connectivity index (χ2v) is 5.32. The lowest BCUT2D eigenvalue weighted by Gasteiger charge is -2.25. The zero-order valence-electron chi connectivity index (χ0n) is 12.6. The van der Waals surface area contributed by atoms with Gasteiger partial charge in [-0.15, -0.1) is 0 Å². The normalized spacial score (nSPS) is 14.7. The molecule has 0 amide bonds. The third-order valence-electron chi connectivity index (χ3n) is 3.68. The first-order chi connectivity index (χ1) is 10.4. The van der Waals surface area contributed by atoms with E-state index in [0.29, 0.717) is 5.71 Å². The Labute approximate surface area is 129 Å². The molecule has 2 aromatic carbocycles. The summed E-state index contributed by atoms with van der Waals surface area (Å²) >= 11 is 0. The lowest BCUT2D eigenvalue weighted by atomic mass is 9.94. The SMILES string of the molecule is C[C@@H](O)[C@](C)(N=C(c1ccccc1)c1ccccc1)C(=O)O. The number of hydrogen-bond donors (Lipinski definition) is 2. The number of hydrogen-bond acceptors (Lipinski definition) is 3. The molecule has 0 bridgehead atoms. The third-order valence-corrected chi connectivity index (χ3v) is 3.68. The van der Waals surface area contributed by atoms with E-state index in [1.807, 2.05) is 60.7 Å². The predicted molar refractivity (Wildman–Crippen MR) is 86.2 cm³/mol. The van der Waals surface area contributed by atoms with Crippen molar-refractivity contribution >= 4 is 11.7 Å². The number of carboxylic acid groups (broad SMARTS) is 1. The molecule has 0 aromatic heterocycles. The van der Waals surface area contributed by atoms with Gasteiger partial charge in [0.2, 0.25) is 0 Å². The highest BCUT2D eigenvalue weighted by molar-refractivity contribution is 6.13. The standard InChI is InChI=1S/C18H19NO3/c1-13(20)18(2,17(21)22)19-16(14-9-5-3-6-10-14)15-11-7-4-8-12-15/h3-13,20H,1-2H3,(H,21,22)/t13-,18+/m1/s1. The van der Waals surface area contributed by atoms with Crippen molar-refractivity contribution in [3.05, 3.63) is 71.8 Å². The zero-order valence-corrected chi connectivity index (χ0v) is 12.6. The Kier molecular flexibility index (Phi) is 4.73. The van der Waals surface area contributed by atoms with E-state index in [0.717, 1.165) is 11.1 Å². The molecule has 2 rings (SSSR count). The first-order valence-corrected chi connectivity index (χ1v) is 7.07. The van der Waals surface area contributed by atoms with Gasteiger partial charge in [0.15, 0.2) is 5.54 Å². The molecule has 0 aliphatic rings. The lowest BCUT2D eigenvalue weighted by molar-refractivity contribution is -0.146. The van der Waals surface area contributed by atoms with Crippen molar-refractivity contribution in [2.24, 2.45) is 4.99 Å². The molecule has 0 aliphatic carbocycles. The summed E-state index contributed by atoms with van der Waals surface area (Å²) in [4.78, 5) is 16.0. The summed E-state index contributed by atoms with van der Waals surface area (Å²) in [5, 5.41) is 19.4. The van der Waals surface area contributed by atoms with E-state index in [-0.39, 0.29) is 0 Å². The van der Waals surface area contributed by atoms with Gasteiger partial charge in [-0.2, -0.15) is 0 Å². The topological polar surface area (TPSA) is 69.9 Å². The van der Waals surface area contributed by atoms with Crippen LogP contribution in [0.3, 0.4) is 0 Å². The van der Waals surface area contributed by atoms with Gasteiger partial charge >= 0.3 is 5.97 Å². The average molecular weight is 297 g/mol. The second-order valence-electron chi connectivity index (χ2n) is 5.32. The van der Waals surface area contributed by atoms with Crippen LogP contribution in [0.5, 0.6) is 0 Å². The minimum Gasteiger partial charge on any atom is -0.479 e. The predicted octanol–water partition coefficient (Wildman–Crippen LogP) is 2.75. The van der Waals surface area contributed by atoms with Gasteiger partial charge in [0.05, 0.1) is 11.8 Å². The molecule has 0 unspecified atom stereocenters. The second kappa shape index (κ2) is 6.54. The van der Waals surface area contributed by atoms with Gasteiger partial charge < -0.3 is 10.2 Å². The van der Waals surface area contributed by atoms with Crippen LogP contribution in [0.25, 0.3) is 0 Å². The van der Waals surface area contributed by atoms with Crippen LogP contribution in [0.4, 0.5) is 0 Å². The van der Waals surface area contributed by atoms with Crippen molar-refractivity contribution in [2.45, 2.75) is 25.5 Å². The molecule has 0 saturated carbocycles. The van der Waals surface area contributed by atoms with Crippen LogP contribution in [0, 0.1) is 0 Å². The summed E-state index contributed by atoms with van der Waals surface area (Å²) in [6.45, 7) is 2.86. The van der Waals surface area contributed by atoms with Gasteiger partial charge in [0, 0.05) is 11.1 Å². The van der Waals surface area contributed by atoms with Crippen LogP contribution >= 0.6 is 0 Å². The lowest BCUT2D eigenvalue weighted by Crippen LogP contribution is -2.44. The number of benzene rings is 2. The Morgan fingerprint density at radius 2 is 1.41 bits per heavy atom. The number of aliphatic carboxylic acids is 1. The fourth-order valence-corrected chi connectivity index (χ4v) is 2.04. The van der Waals surface area contributed by atoms with Crippen molar-refractivity contribution in [2.75, 3.05) is 0 Å². The van der Waals surface area contributed by atoms with Crippen molar-refractivity contribution in [1.82, 2.24) is 0 Å². The number of carbonyl (C=O) groups is 1. The molecular formula is C18H19NO3. The Bertz CT molecular complexity index is 624. The molecule has 2 atom stereocenters. The fourth-order valence-electron chi connectivity index (χ4n) is 2.04. The number of aliphatic hydroxyl groups is 1. The molecule has 0 heterocycles. The van der Waals surface area contributed by atoms with Gasteiger partial charge in [-0.05, 0) is 13.8 Å². The van der Waals surface area contributed by atoms with Crippen molar-refractivity contribution in [3.63, 3.8) is 0 Å². The molecule has 0 fully saturated rings. The number of carboxylic acids is 1. The van der Waals surface area contributed by atoms with Gasteiger partial charge in [0.1, 0.15) is 0 Å². The molecule has 0 spiro atoms. The minimum atomic E-state index is -1.61. The Balaban J connectivity index is 2.64. The highest BCUT2D eigenvalue weighted by atomic mass is 16.4. The fraction of sp³-hybridized carbons (Fsp3) is 0.222. The first kappa shape index (κ1) is 15.9.